The molecule has 0 radical (unpaired) electrons. The van der Waals surface area contributed by atoms with E-state index in [1.54, 1.807) is 7.11 Å². The highest BCUT2D eigenvalue weighted by Gasteiger charge is 2.22. The Morgan fingerprint density at radius 3 is 3.13 bits per heavy atom. The van der Waals surface area contributed by atoms with Crippen LogP contribution < -0.4 is 5.32 Å². The van der Waals surface area contributed by atoms with Crippen molar-refractivity contribution in [3.05, 3.63) is 35.5 Å². The van der Waals surface area contributed by atoms with Crippen LogP contribution in [-0.2, 0) is 4.74 Å². The molecule has 1 saturated heterocycles. The van der Waals surface area contributed by atoms with Gasteiger partial charge in [-0.3, -0.25) is 4.79 Å². The lowest BCUT2D eigenvalue weighted by Crippen LogP contribution is -2.31. The zero-order valence-electron chi connectivity index (χ0n) is 13.9. The van der Waals surface area contributed by atoms with Gasteiger partial charge in [0.05, 0.1) is 6.61 Å². The predicted octanol–water partition coefficient (Wildman–Crippen LogP) is 2.17. The molecule has 5 heteroatoms. The average Bonchev–Trinajstić information content (AvgIpc) is 3.16. The molecule has 2 heterocycles. The van der Waals surface area contributed by atoms with E-state index in [9.17, 15) is 4.79 Å². The minimum absolute atomic E-state index is 0.0193. The lowest BCUT2D eigenvalue weighted by Gasteiger charge is -2.15. The lowest BCUT2D eigenvalue weighted by atomic mass is 10.1. The molecule has 124 valence electrons. The van der Waals surface area contributed by atoms with Crippen LogP contribution in [0.1, 0.15) is 22.5 Å². The van der Waals surface area contributed by atoms with Crippen molar-refractivity contribution in [1.29, 1.82) is 0 Å². The maximum absolute atomic E-state index is 12.3. The summed E-state index contributed by atoms with van der Waals surface area (Å²) in [7, 11) is 1.73. The van der Waals surface area contributed by atoms with Gasteiger partial charge in [-0.05, 0) is 43.5 Å². The highest BCUT2D eigenvalue weighted by molar-refractivity contribution is 5.98. The maximum Gasteiger partial charge on any atom is 0.267 e. The van der Waals surface area contributed by atoms with Crippen LogP contribution in [0.3, 0.4) is 0 Å². The van der Waals surface area contributed by atoms with E-state index in [2.05, 4.69) is 34.3 Å². The van der Waals surface area contributed by atoms with E-state index >= 15 is 0 Å². The Balaban J connectivity index is 1.53. The maximum atomic E-state index is 12.3. The summed E-state index contributed by atoms with van der Waals surface area (Å²) in [6.45, 7) is 6.66. The number of fused-ring (bicyclic) bond motifs is 1. The standard InChI is InChI=1S/C18H25N3O2/c1-13-3-4-15-10-17(20-16(15)9-13)18(22)19-11-14-5-6-21(12-14)7-8-23-2/h3-4,9-10,14,20H,5-8,11-12H2,1-2H3,(H,19,22). The molecule has 1 aromatic carbocycles. The first-order valence-electron chi connectivity index (χ1n) is 8.24. The summed E-state index contributed by atoms with van der Waals surface area (Å²) in [4.78, 5) is 17.9. The zero-order valence-corrected chi connectivity index (χ0v) is 13.9. The summed E-state index contributed by atoms with van der Waals surface area (Å²) < 4.78 is 5.12. The second-order valence-corrected chi connectivity index (χ2v) is 6.43. The zero-order chi connectivity index (χ0) is 16.2. The summed E-state index contributed by atoms with van der Waals surface area (Å²) in [6, 6.07) is 8.09. The van der Waals surface area contributed by atoms with Crippen LogP contribution in [0.2, 0.25) is 0 Å². The molecule has 0 saturated carbocycles. The first-order chi connectivity index (χ1) is 11.2. The van der Waals surface area contributed by atoms with Crippen molar-refractivity contribution >= 4 is 16.8 Å². The number of aryl methyl sites for hydroxylation is 1. The number of likely N-dealkylation sites (tertiary alicyclic amines) is 1. The van der Waals surface area contributed by atoms with Crippen LogP contribution in [0.4, 0.5) is 0 Å². The summed E-state index contributed by atoms with van der Waals surface area (Å²) in [5.74, 6) is 0.511. The van der Waals surface area contributed by atoms with Gasteiger partial charge in [-0.15, -0.1) is 0 Å². The molecule has 0 bridgehead atoms. The average molecular weight is 315 g/mol. The smallest absolute Gasteiger partial charge is 0.267 e. The van der Waals surface area contributed by atoms with Crippen molar-refractivity contribution in [1.82, 2.24) is 15.2 Å². The van der Waals surface area contributed by atoms with Crippen LogP contribution in [-0.4, -0.2) is 55.7 Å². The minimum atomic E-state index is -0.0193. The molecule has 1 amide bonds. The minimum Gasteiger partial charge on any atom is -0.383 e. The van der Waals surface area contributed by atoms with E-state index in [0.717, 1.165) is 50.1 Å². The number of hydrogen-bond donors (Lipinski definition) is 2. The Morgan fingerprint density at radius 1 is 1.43 bits per heavy atom. The number of hydrogen-bond acceptors (Lipinski definition) is 3. The summed E-state index contributed by atoms with van der Waals surface area (Å²) in [5.41, 5.74) is 2.84. The van der Waals surface area contributed by atoms with Gasteiger partial charge in [0.15, 0.2) is 0 Å². The van der Waals surface area contributed by atoms with Crippen LogP contribution in [0.25, 0.3) is 10.9 Å². The van der Waals surface area contributed by atoms with Crippen molar-refractivity contribution in [2.24, 2.45) is 5.92 Å². The number of methoxy groups -OCH3 is 1. The van der Waals surface area contributed by atoms with Crippen LogP contribution in [0, 0.1) is 12.8 Å². The predicted molar refractivity (Wildman–Crippen MR) is 91.8 cm³/mol. The van der Waals surface area contributed by atoms with Crippen molar-refractivity contribution in [2.75, 3.05) is 39.9 Å². The number of ether oxygens (including phenoxy) is 1. The molecule has 0 spiro atoms. The first kappa shape index (κ1) is 16.0. The van der Waals surface area contributed by atoms with Gasteiger partial charge in [-0.25, -0.2) is 0 Å². The van der Waals surface area contributed by atoms with Crippen molar-refractivity contribution in [3.63, 3.8) is 0 Å². The third kappa shape index (κ3) is 3.92. The fourth-order valence-electron chi connectivity index (χ4n) is 3.20. The molecular formula is C18H25N3O2. The molecule has 1 aliphatic heterocycles. The molecule has 0 aliphatic carbocycles. The molecular weight excluding hydrogens is 290 g/mol. The van der Waals surface area contributed by atoms with E-state index < -0.39 is 0 Å². The highest BCUT2D eigenvalue weighted by Crippen LogP contribution is 2.18. The van der Waals surface area contributed by atoms with Gasteiger partial charge in [-0.2, -0.15) is 0 Å². The first-order valence-corrected chi connectivity index (χ1v) is 8.24. The van der Waals surface area contributed by atoms with Crippen molar-refractivity contribution < 1.29 is 9.53 Å². The number of aromatic amines is 1. The molecule has 1 atom stereocenters. The second kappa shape index (κ2) is 7.15. The Hall–Kier alpha value is -1.85. The SMILES string of the molecule is COCCN1CCC(CNC(=O)c2cc3ccc(C)cc3[nH]2)C1. The van der Waals surface area contributed by atoms with Gasteiger partial charge in [0.25, 0.3) is 5.91 Å². The second-order valence-electron chi connectivity index (χ2n) is 6.43. The van der Waals surface area contributed by atoms with Crippen LogP contribution in [0.15, 0.2) is 24.3 Å². The van der Waals surface area contributed by atoms with Gasteiger partial charge >= 0.3 is 0 Å². The molecule has 1 aromatic heterocycles. The number of carbonyl (C=O) groups excluding carboxylic acids is 1. The van der Waals surface area contributed by atoms with Crippen molar-refractivity contribution in [2.45, 2.75) is 13.3 Å². The third-order valence-electron chi connectivity index (χ3n) is 4.56. The molecule has 1 unspecified atom stereocenters. The Bertz CT molecular complexity index is 680. The normalized spacial score (nSPS) is 18.6. The third-order valence-corrected chi connectivity index (χ3v) is 4.56. The molecule has 1 aliphatic rings. The summed E-state index contributed by atoms with van der Waals surface area (Å²) >= 11 is 0. The Kier molecular flexibility index (Phi) is 4.98. The molecule has 2 aromatic rings. The van der Waals surface area contributed by atoms with Gasteiger partial charge in [0, 0.05) is 37.6 Å². The summed E-state index contributed by atoms with van der Waals surface area (Å²) in [6.07, 6.45) is 1.13. The fourth-order valence-corrected chi connectivity index (χ4v) is 3.20. The number of nitrogens with zero attached hydrogens (tertiary/aromatic N) is 1. The molecule has 3 rings (SSSR count). The lowest BCUT2D eigenvalue weighted by molar-refractivity contribution is 0.0942. The van der Waals surface area contributed by atoms with E-state index in [0.29, 0.717) is 11.6 Å². The van der Waals surface area contributed by atoms with Gasteiger partial charge in [0.2, 0.25) is 0 Å². The number of carbonyl (C=O) groups is 1. The number of rotatable bonds is 6. The van der Waals surface area contributed by atoms with Crippen molar-refractivity contribution in [3.8, 4) is 0 Å². The van der Waals surface area contributed by atoms with E-state index in [-0.39, 0.29) is 5.91 Å². The van der Waals surface area contributed by atoms with Gasteiger partial charge in [0.1, 0.15) is 5.69 Å². The highest BCUT2D eigenvalue weighted by atomic mass is 16.5. The van der Waals surface area contributed by atoms with E-state index in [1.807, 2.05) is 12.1 Å². The molecule has 1 fully saturated rings. The van der Waals surface area contributed by atoms with E-state index in [4.69, 9.17) is 4.74 Å². The topological polar surface area (TPSA) is 57.4 Å². The van der Waals surface area contributed by atoms with Gasteiger partial charge in [-0.1, -0.05) is 12.1 Å². The largest absolute Gasteiger partial charge is 0.383 e. The molecule has 2 N–H and O–H groups in total. The van der Waals surface area contributed by atoms with Crippen LogP contribution in [0.5, 0.6) is 0 Å². The van der Waals surface area contributed by atoms with Gasteiger partial charge < -0.3 is 19.9 Å². The molecule has 23 heavy (non-hydrogen) atoms. The summed E-state index contributed by atoms with van der Waals surface area (Å²) in [5, 5.41) is 4.14. The molecule has 5 nitrogen and oxygen atoms in total. The number of amides is 1. The fraction of sp³-hybridized carbons (Fsp3) is 0.500. The quantitative estimate of drug-likeness (QED) is 0.859. The van der Waals surface area contributed by atoms with E-state index in [1.165, 1.54) is 5.56 Å². The number of H-pyrrole nitrogens is 1. The number of nitrogens with one attached hydrogen (secondary N) is 2. The Morgan fingerprint density at radius 2 is 2.30 bits per heavy atom. The van der Waals surface area contributed by atoms with Crippen LogP contribution >= 0.6 is 0 Å². The Labute approximate surface area is 137 Å². The monoisotopic (exact) mass is 315 g/mol. The number of benzene rings is 1. The number of aromatic nitrogens is 1.